The van der Waals surface area contributed by atoms with E-state index in [9.17, 15) is 4.79 Å². The molecule has 0 aliphatic carbocycles. The molecule has 0 bridgehead atoms. The number of hydrogen-bond acceptors (Lipinski definition) is 4. The summed E-state index contributed by atoms with van der Waals surface area (Å²) in [5.74, 6) is 0.464. The van der Waals surface area contributed by atoms with Crippen LogP contribution in [0.2, 0.25) is 5.02 Å². The number of amides is 1. The lowest BCUT2D eigenvalue weighted by molar-refractivity contribution is 0.102. The largest absolute Gasteiger partial charge is 0.306 e. The zero-order valence-electron chi connectivity index (χ0n) is 11.8. The molecule has 0 radical (unpaired) electrons. The third-order valence-corrected chi connectivity index (χ3v) is 4.29. The maximum absolute atomic E-state index is 12.2. The van der Waals surface area contributed by atoms with Crippen molar-refractivity contribution in [3.63, 3.8) is 0 Å². The van der Waals surface area contributed by atoms with Gasteiger partial charge in [0.05, 0.1) is 23.9 Å². The fourth-order valence-corrected chi connectivity index (χ4v) is 2.98. The molecule has 3 aromatic rings. The highest BCUT2D eigenvalue weighted by molar-refractivity contribution is 7.12. The van der Waals surface area contributed by atoms with Crippen molar-refractivity contribution in [3.8, 4) is 0 Å². The van der Waals surface area contributed by atoms with Gasteiger partial charge in [0.15, 0.2) is 0 Å². The lowest BCUT2D eigenvalue weighted by Gasteiger charge is -2.09. The average molecular weight is 333 g/mol. The van der Waals surface area contributed by atoms with Crippen molar-refractivity contribution >= 4 is 34.7 Å². The zero-order chi connectivity index (χ0) is 15.5. The van der Waals surface area contributed by atoms with Gasteiger partial charge in [-0.25, -0.2) is 9.67 Å². The molecule has 0 aliphatic rings. The van der Waals surface area contributed by atoms with Crippen LogP contribution in [0, 0.1) is 6.92 Å². The van der Waals surface area contributed by atoms with Crippen LogP contribution in [-0.4, -0.2) is 20.7 Å². The van der Waals surface area contributed by atoms with Crippen molar-refractivity contribution in [2.75, 3.05) is 5.32 Å². The Bertz CT molecular complexity index is 811. The van der Waals surface area contributed by atoms with Crippen LogP contribution in [0.5, 0.6) is 0 Å². The molecule has 1 amide bonds. The van der Waals surface area contributed by atoms with Gasteiger partial charge in [-0.15, -0.1) is 11.3 Å². The molecule has 112 valence electrons. The first-order valence-electron chi connectivity index (χ1n) is 6.61. The molecular weight excluding hydrogens is 320 g/mol. The maximum atomic E-state index is 12.2. The fourth-order valence-electron chi connectivity index (χ4n) is 2.07. The number of carbonyl (C=O) groups is 1. The van der Waals surface area contributed by atoms with Gasteiger partial charge < -0.3 is 5.32 Å². The summed E-state index contributed by atoms with van der Waals surface area (Å²) in [5.41, 5.74) is 3.40. The Morgan fingerprint density at radius 2 is 2.27 bits per heavy atom. The highest BCUT2D eigenvalue weighted by atomic mass is 35.5. The van der Waals surface area contributed by atoms with Crippen molar-refractivity contribution < 1.29 is 4.79 Å². The Balaban J connectivity index is 1.78. The molecule has 1 N–H and O–H groups in total. The standard InChI is InChI=1S/C15H13ClN4OS/c1-10-14(22-9-17-10)15(21)19-13-5-6-18-20(13)8-11-3-2-4-12(16)7-11/h2-7,9H,8H2,1H3,(H,19,21). The summed E-state index contributed by atoms with van der Waals surface area (Å²) in [6.07, 6.45) is 1.65. The summed E-state index contributed by atoms with van der Waals surface area (Å²) in [6, 6.07) is 9.32. The summed E-state index contributed by atoms with van der Waals surface area (Å²) in [6.45, 7) is 2.35. The molecule has 0 unspecified atom stereocenters. The quantitative estimate of drug-likeness (QED) is 0.794. The molecule has 2 aromatic heterocycles. The number of halogens is 1. The molecule has 7 heteroatoms. The second kappa shape index (κ2) is 6.29. The molecule has 5 nitrogen and oxygen atoms in total. The van der Waals surface area contributed by atoms with Gasteiger partial charge in [0, 0.05) is 11.1 Å². The number of aromatic nitrogens is 3. The van der Waals surface area contributed by atoms with Crippen LogP contribution in [0.3, 0.4) is 0 Å². The number of rotatable bonds is 4. The van der Waals surface area contributed by atoms with E-state index in [0.29, 0.717) is 22.3 Å². The van der Waals surface area contributed by atoms with Crippen LogP contribution in [0.25, 0.3) is 0 Å². The van der Waals surface area contributed by atoms with Crippen LogP contribution in [0.15, 0.2) is 42.0 Å². The highest BCUT2D eigenvalue weighted by Gasteiger charge is 2.14. The van der Waals surface area contributed by atoms with Crippen molar-refractivity contribution in [2.24, 2.45) is 0 Å². The van der Waals surface area contributed by atoms with Gasteiger partial charge in [0.2, 0.25) is 0 Å². The van der Waals surface area contributed by atoms with Gasteiger partial charge in [0.1, 0.15) is 10.7 Å². The minimum atomic E-state index is -0.173. The van der Waals surface area contributed by atoms with Crippen LogP contribution < -0.4 is 5.32 Å². The van der Waals surface area contributed by atoms with Gasteiger partial charge in [-0.1, -0.05) is 23.7 Å². The molecule has 3 rings (SSSR count). The number of nitrogens with zero attached hydrogens (tertiary/aromatic N) is 3. The average Bonchev–Trinajstić information content (AvgIpc) is 3.08. The second-order valence-electron chi connectivity index (χ2n) is 4.73. The lowest BCUT2D eigenvalue weighted by atomic mass is 10.2. The summed E-state index contributed by atoms with van der Waals surface area (Å²) >= 11 is 7.31. The van der Waals surface area contributed by atoms with Crippen LogP contribution in [-0.2, 0) is 6.54 Å². The van der Waals surface area contributed by atoms with E-state index in [1.807, 2.05) is 31.2 Å². The topological polar surface area (TPSA) is 59.8 Å². The smallest absolute Gasteiger partial charge is 0.268 e. The maximum Gasteiger partial charge on any atom is 0.268 e. The summed E-state index contributed by atoms with van der Waals surface area (Å²) in [4.78, 5) is 16.9. The summed E-state index contributed by atoms with van der Waals surface area (Å²) in [7, 11) is 0. The van der Waals surface area contributed by atoms with Gasteiger partial charge in [-0.2, -0.15) is 5.10 Å². The molecule has 22 heavy (non-hydrogen) atoms. The molecule has 0 spiro atoms. The molecule has 1 aromatic carbocycles. The van der Waals surface area contributed by atoms with E-state index >= 15 is 0 Å². The number of carbonyl (C=O) groups excluding carboxylic acids is 1. The molecule has 0 aliphatic heterocycles. The van der Waals surface area contributed by atoms with E-state index in [4.69, 9.17) is 11.6 Å². The normalized spacial score (nSPS) is 10.6. The molecule has 0 fully saturated rings. The summed E-state index contributed by atoms with van der Waals surface area (Å²) in [5, 5.41) is 7.79. The number of benzene rings is 1. The first-order chi connectivity index (χ1) is 10.6. The summed E-state index contributed by atoms with van der Waals surface area (Å²) < 4.78 is 1.72. The van der Waals surface area contributed by atoms with E-state index < -0.39 is 0 Å². The highest BCUT2D eigenvalue weighted by Crippen LogP contribution is 2.17. The lowest BCUT2D eigenvalue weighted by Crippen LogP contribution is -2.16. The monoisotopic (exact) mass is 332 g/mol. The minimum absolute atomic E-state index is 0.173. The second-order valence-corrected chi connectivity index (χ2v) is 6.02. The Kier molecular flexibility index (Phi) is 4.22. The molecule has 0 saturated heterocycles. The first kappa shape index (κ1) is 14.7. The predicted octanol–water partition coefficient (Wildman–Crippen LogP) is 3.60. The van der Waals surface area contributed by atoms with Crippen LogP contribution in [0.4, 0.5) is 5.82 Å². The Labute approximate surface area is 136 Å². The van der Waals surface area contributed by atoms with Gasteiger partial charge in [-0.05, 0) is 24.6 Å². The van der Waals surface area contributed by atoms with Gasteiger partial charge in [-0.3, -0.25) is 4.79 Å². The molecular formula is C15H13ClN4OS. The van der Waals surface area contributed by atoms with Crippen molar-refractivity contribution in [1.82, 2.24) is 14.8 Å². The number of anilines is 1. The molecule has 2 heterocycles. The van der Waals surface area contributed by atoms with Crippen molar-refractivity contribution in [3.05, 3.63) is 63.2 Å². The number of hydrogen-bond donors (Lipinski definition) is 1. The fraction of sp³-hybridized carbons (Fsp3) is 0.133. The van der Waals surface area contributed by atoms with E-state index in [2.05, 4.69) is 15.4 Å². The van der Waals surface area contributed by atoms with Crippen LogP contribution in [0.1, 0.15) is 20.9 Å². The number of nitrogens with one attached hydrogen (secondary N) is 1. The van der Waals surface area contributed by atoms with E-state index in [1.54, 1.807) is 22.5 Å². The Morgan fingerprint density at radius 3 is 3.00 bits per heavy atom. The van der Waals surface area contributed by atoms with Crippen molar-refractivity contribution in [1.29, 1.82) is 0 Å². The first-order valence-corrected chi connectivity index (χ1v) is 7.87. The van der Waals surface area contributed by atoms with E-state index in [0.717, 1.165) is 11.3 Å². The van der Waals surface area contributed by atoms with Gasteiger partial charge in [0.25, 0.3) is 5.91 Å². The number of aryl methyl sites for hydroxylation is 1. The zero-order valence-corrected chi connectivity index (χ0v) is 13.4. The predicted molar refractivity (Wildman–Crippen MR) is 87.6 cm³/mol. The van der Waals surface area contributed by atoms with Crippen molar-refractivity contribution in [2.45, 2.75) is 13.5 Å². The SMILES string of the molecule is Cc1ncsc1C(=O)Nc1ccnn1Cc1cccc(Cl)c1. The van der Waals surface area contributed by atoms with E-state index in [1.165, 1.54) is 11.3 Å². The van der Waals surface area contributed by atoms with E-state index in [-0.39, 0.29) is 5.91 Å². The minimum Gasteiger partial charge on any atom is -0.306 e. The third kappa shape index (κ3) is 3.18. The Morgan fingerprint density at radius 1 is 1.41 bits per heavy atom. The Hall–Kier alpha value is -2.18. The molecule has 0 atom stereocenters. The number of thiazole rings is 1. The van der Waals surface area contributed by atoms with Gasteiger partial charge >= 0.3 is 0 Å². The molecule has 0 saturated carbocycles. The van der Waals surface area contributed by atoms with Crippen LogP contribution >= 0.6 is 22.9 Å². The third-order valence-electron chi connectivity index (χ3n) is 3.13.